The molecule has 4 rings (SSSR count). The molecule has 0 radical (unpaired) electrons. The molecule has 0 N–H and O–H groups in total. The number of hydrogen-bond acceptors (Lipinski definition) is 4. The van der Waals surface area contributed by atoms with Gasteiger partial charge in [-0.05, 0) is 42.8 Å². The van der Waals surface area contributed by atoms with Crippen LogP contribution < -0.4 is 14.2 Å². The molecule has 1 aliphatic rings. The maximum atomic E-state index is 14.9. The third-order valence-electron chi connectivity index (χ3n) is 5.77. The zero-order valence-corrected chi connectivity index (χ0v) is 17.9. The Morgan fingerprint density at radius 3 is 2.48 bits per heavy atom. The van der Waals surface area contributed by atoms with Gasteiger partial charge in [0, 0.05) is 42.7 Å². The Labute approximate surface area is 180 Å². The van der Waals surface area contributed by atoms with E-state index in [-0.39, 0.29) is 0 Å². The van der Waals surface area contributed by atoms with E-state index in [9.17, 15) is 8.78 Å². The van der Waals surface area contributed by atoms with Crippen LogP contribution in [0, 0.1) is 11.6 Å². The lowest BCUT2D eigenvalue weighted by Crippen LogP contribution is -2.30. The van der Waals surface area contributed by atoms with E-state index in [4.69, 9.17) is 14.2 Å². The summed E-state index contributed by atoms with van der Waals surface area (Å²) in [6.45, 7) is 1.99. The van der Waals surface area contributed by atoms with Crippen LogP contribution in [0.1, 0.15) is 29.3 Å². The topological polar surface area (TPSA) is 35.9 Å². The molecular formula is C24H26F2N2O3. The van der Waals surface area contributed by atoms with Gasteiger partial charge in [0.05, 0.1) is 27.4 Å². The Kier molecular flexibility index (Phi) is 6.13. The summed E-state index contributed by atoms with van der Waals surface area (Å²) in [5.41, 5.74) is 2.13. The second kappa shape index (κ2) is 8.98. The molecule has 31 heavy (non-hydrogen) atoms. The molecule has 7 heteroatoms. The first-order valence-corrected chi connectivity index (χ1v) is 10.2. The first-order chi connectivity index (χ1) is 15.1. The second-order valence-electron chi connectivity index (χ2n) is 7.51. The maximum Gasteiger partial charge on any atom is 0.203 e. The minimum Gasteiger partial charge on any atom is -0.493 e. The van der Waals surface area contributed by atoms with Gasteiger partial charge < -0.3 is 18.8 Å². The standard InChI is InChI=1S/C24H26F2N2O3/c1-29-21-10-7-16(23(30-2)24(21)31-3)15-28-13-5-12-27-11-4-6-20(27)22(28)18-14-17(25)8-9-19(18)26/h4,6-11,14,22H,5,12-13,15H2,1-3H3. The minimum atomic E-state index is -0.456. The number of nitrogens with zero attached hydrogens (tertiary/aromatic N) is 2. The molecule has 1 aliphatic heterocycles. The lowest BCUT2D eigenvalue weighted by molar-refractivity contribution is 0.212. The van der Waals surface area contributed by atoms with E-state index in [2.05, 4.69) is 9.47 Å². The van der Waals surface area contributed by atoms with Gasteiger partial charge >= 0.3 is 0 Å². The van der Waals surface area contributed by atoms with Crippen molar-refractivity contribution >= 4 is 0 Å². The fraction of sp³-hybridized carbons (Fsp3) is 0.333. The summed E-state index contributed by atoms with van der Waals surface area (Å²) < 4.78 is 47.7. The first-order valence-electron chi connectivity index (χ1n) is 10.2. The molecule has 0 saturated heterocycles. The highest BCUT2D eigenvalue weighted by Gasteiger charge is 2.31. The summed E-state index contributed by atoms with van der Waals surface area (Å²) in [5.74, 6) is 0.766. The van der Waals surface area contributed by atoms with Gasteiger partial charge in [-0.15, -0.1) is 0 Å². The number of ether oxygens (including phenoxy) is 3. The number of hydrogen-bond donors (Lipinski definition) is 0. The van der Waals surface area contributed by atoms with Crippen molar-refractivity contribution in [3.63, 3.8) is 0 Å². The molecule has 0 amide bonds. The third kappa shape index (κ3) is 3.97. The van der Waals surface area contributed by atoms with E-state index >= 15 is 0 Å². The van der Waals surface area contributed by atoms with Crippen LogP contribution in [-0.2, 0) is 13.1 Å². The average molecular weight is 428 g/mol. The highest BCUT2D eigenvalue weighted by Crippen LogP contribution is 2.42. The van der Waals surface area contributed by atoms with Gasteiger partial charge in [-0.25, -0.2) is 8.78 Å². The average Bonchev–Trinajstić information content (AvgIpc) is 3.16. The normalized spacial score (nSPS) is 16.5. The summed E-state index contributed by atoms with van der Waals surface area (Å²) in [6, 6.07) is 10.9. The SMILES string of the molecule is COc1ccc(CN2CCCn3cccc3C2c2cc(F)ccc2F)c(OC)c1OC. The van der Waals surface area contributed by atoms with Gasteiger partial charge in [0.25, 0.3) is 0 Å². The van der Waals surface area contributed by atoms with Gasteiger partial charge in [-0.3, -0.25) is 4.90 Å². The maximum absolute atomic E-state index is 14.9. The molecule has 0 aliphatic carbocycles. The van der Waals surface area contributed by atoms with Gasteiger partial charge in [0.15, 0.2) is 11.5 Å². The van der Waals surface area contributed by atoms with E-state index in [0.717, 1.165) is 30.3 Å². The van der Waals surface area contributed by atoms with Crippen molar-refractivity contribution in [3.05, 3.63) is 77.1 Å². The van der Waals surface area contributed by atoms with Crippen LogP contribution in [0.3, 0.4) is 0 Å². The van der Waals surface area contributed by atoms with Crippen LogP contribution in [-0.4, -0.2) is 37.3 Å². The zero-order valence-electron chi connectivity index (χ0n) is 17.9. The first kappa shape index (κ1) is 21.2. The van der Waals surface area contributed by atoms with Crippen LogP contribution >= 0.6 is 0 Å². The summed E-state index contributed by atoms with van der Waals surface area (Å²) in [5, 5.41) is 0. The van der Waals surface area contributed by atoms with Crippen molar-refractivity contribution in [1.82, 2.24) is 9.47 Å². The number of methoxy groups -OCH3 is 3. The van der Waals surface area contributed by atoms with Crippen LogP contribution in [0.25, 0.3) is 0 Å². The van der Waals surface area contributed by atoms with Gasteiger partial charge in [-0.1, -0.05) is 6.07 Å². The predicted octanol–water partition coefficient (Wildman–Crippen LogP) is 4.79. The van der Waals surface area contributed by atoms with Crippen molar-refractivity contribution in [3.8, 4) is 17.2 Å². The molecule has 2 aromatic carbocycles. The molecule has 0 bridgehead atoms. The predicted molar refractivity (Wildman–Crippen MR) is 114 cm³/mol. The van der Waals surface area contributed by atoms with Crippen LogP contribution in [0.4, 0.5) is 8.78 Å². The molecule has 3 aromatic rings. The summed E-state index contributed by atoms with van der Waals surface area (Å²) in [4.78, 5) is 2.15. The summed E-state index contributed by atoms with van der Waals surface area (Å²) >= 11 is 0. The van der Waals surface area contributed by atoms with E-state index in [1.54, 1.807) is 21.3 Å². The summed E-state index contributed by atoms with van der Waals surface area (Å²) in [7, 11) is 4.72. The molecule has 2 heterocycles. The number of benzene rings is 2. The van der Waals surface area contributed by atoms with Gasteiger partial charge in [0.1, 0.15) is 11.6 Å². The monoisotopic (exact) mass is 428 g/mol. The van der Waals surface area contributed by atoms with Gasteiger partial charge in [-0.2, -0.15) is 0 Å². The molecule has 0 fully saturated rings. The van der Waals surface area contributed by atoms with E-state index in [0.29, 0.717) is 35.9 Å². The van der Waals surface area contributed by atoms with Gasteiger partial charge in [0.2, 0.25) is 5.75 Å². The molecule has 1 unspecified atom stereocenters. The number of halogens is 2. The number of rotatable bonds is 6. The lowest BCUT2D eigenvalue weighted by Gasteiger charge is -2.31. The Morgan fingerprint density at radius 2 is 1.74 bits per heavy atom. The van der Waals surface area contributed by atoms with E-state index in [1.807, 2.05) is 30.5 Å². The largest absolute Gasteiger partial charge is 0.493 e. The molecule has 5 nitrogen and oxygen atoms in total. The fourth-order valence-corrected chi connectivity index (χ4v) is 4.40. The molecule has 164 valence electrons. The minimum absolute atomic E-state index is 0.321. The van der Waals surface area contributed by atoms with Crippen molar-refractivity contribution in [2.24, 2.45) is 0 Å². The highest BCUT2D eigenvalue weighted by molar-refractivity contribution is 5.55. The van der Waals surface area contributed by atoms with Crippen molar-refractivity contribution in [2.45, 2.75) is 25.6 Å². The Balaban J connectivity index is 1.81. The Hall–Kier alpha value is -3.06. The molecule has 1 aromatic heterocycles. The van der Waals surface area contributed by atoms with E-state index in [1.165, 1.54) is 12.1 Å². The van der Waals surface area contributed by atoms with Crippen LogP contribution in [0.5, 0.6) is 17.2 Å². The molecule has 0 saturated carbocycles. The summed E-state index contributed by atoms with van der Waals surface area (Å²) in [6.07, 6.45) is 2.87. The van der Waals surface area contributed by atoms with Crippen molar-refractivity contribution < 1.29 is 23.0 Å². The van der Waals surface area contributed by atoms with Crippen molar-refractivity contribution in [1.29, 1.82) is 0 Å². The Morgan fingerprint density at radius 1 is 0.935 bits per heavy atom. The van der Waals surface area contributed by atoms with E-state index < -0.39 is 17.7 Å². The quantitative estimate of drug-likeness (QED) is 0.566. The lowest BCUT2D eigenvalue weighted by atomic mass is 10.00. The number of fused-ring (bicyclic) bond motifs is 1. The molecular weight excluding hydrogens is 402 g/mol. The number of aryl methyl sites for hydroxylation is 1. The highest BCUT2D eigenvalue weighted by atomic mass is 19.1. The smallest absolute Gasteiger partial charge is 0.203 e. The second-order valence-corrected chi connectivity index (χ2v) is 7.51. The Bertz CT molecular complexity index is 1070. The third-order valence-corrected chi connectivity index (χ3v) is 5.77. The van der Waals surface area contributed by atoms with Crippen molar-refractivity contribution in [2.75, 3.05) is 27.9 Å². The zero-order chi connectivity index (χ0) is 22.0. The molecule has 1 atom stereocenters. The van der Waals surface area contributed by atoms with Crippen LogP contribution in [0.15, 0.2) is 48.7 Å². The number of aromatic nitrogens is 1. The van der Waals surface area contributed by atoms with Crippen LogP contribution in [0.2, 0.25) is 0 Å². The molecule has 0 spiro atoms. The fourth-order valence-electron chi connectivity index (χ4n) is 4.40.